The summed E-state index contributed by atoms with van der Waals surface area (Å²) >= 11 is 1.27. The number of anilines is 1. The van der Waals surface area contributed by atoms with E-state index in [0.29, 0.717) is 17.1 Å². The molecule has 0 unspecified atom stereocenters. The summed E-state index contributed by atoms with van der Waals surface area (Å²) in [5.41, 5.74) is 2.21. The van der Waals surface area contributed by atoms with E-state index in [2.05, 4.69) is 4.98 Å². The maximum atomic E-state index is 12.8. The van der Waals surface area contributed by atoms with Crippen LogP contribution in [0.25, 0.3) is 11.3 Å². The highest BCUT2D eigenvalue weighted by Crippen LogP contribution is 2.29. The Morgan fingerprint density at radius 1 is 1.07 bits per heavy atom. The number of amides is 1. The predicted octanol–water partition coefficient (Wildman–Crippen LogP) is 4.72. The lowest BCUT2D eigenvalue weighted by Crippen LogP contribution is -2.40. The van der Waals surface area contributed by atoms with Crippen molar-refractivity contribution in [3.63, 3.8) is 0 Å². The summed E-state index contributed by atoms with van der Waals surface area (Å²) in [4.78, 5) is 32.1. The number of carbonyl (C=O) groups excluding carboxylic acids is 2. The third-order valence-electron chi connectivity index (χ3n) is 4.25. The van der Waals surface area contributed by atoms with Gasteiger partial charge < -0.3 is 9.64 Å². The van der Waals surface area contributed by atoms with Gasteiger partial charge in [0.2, 0.25) is 0 Å². The van der Waals surface area contributed by atoms with Crippen LogP contribution in [0.3, 0.4) is 0 Å². The van der Waals surface area contributed by atoms with Gasteiger partial charge in [0.15, 0.2) is 6.10 Å². The van der Waals surface area contributed by atoms with Gasteiger partial charge in [-0.05, 0) is 32.9 Å². The molecule has 6 heteroatoms. The van der Waals surface area contributed by atoms with Crippen LogP contribution in [-0.2, 0) is 9.53 Å². The molecule has 0 N–H and O–H groups in total. The molecule has 0 aliphatic heterocycles. The number of benzene rings is 2. The average Bonchev–Trinajstić information content (AvgIpc) is 3.12. The second-order valence-electron chi connectivity index (χ2n) is 6.24. The first-order valence-electron chi connectivity index (χ1n) is 9.11. The molecular weight excluding hydrogens is 372 g/mol. The SMILES string of the molecule is CCN(C(=O)[C@H](C)OC(=O)c1sc(C)nc1-c1ccccc1)c1ccccc1. The number of hydrogen-bond donors (Lipinski definition) is 0. The number of carbonyl (C=O) groups is 2. The first kappa shape index (κ1) is 19.8. The van der Waals surface area contributed by atoms with Gasteiger partial charge in [-0.25, -0.2) is 9.78 Å². The van der Waals surface area contributed by atoms with Crippen LogP contribution in [0.2, 0.25) is 0 Å². The Hall–Kier alpha value is -2.99. The Labute approximate surface area is 168 Å². The van der Waals surface area contributed by atoms with Gasteiger partial charge in [-0.15, -0.1) is 11.3 Å². The number of hydrogen-bond acceptors (Lipinski definition) is 5. The maximum Gasteiger partial charge on any atom is 0.351 e. The second-order valence-corrected chi connectivity index (χ2v) is 7.45. The monoisotopic (exact) mass is 394 g/mol. The van der Waals surface area contributed by atoms with Crippen LogP contribution in [-0.4, -0.2) is 29.5 Å². The van der Waals surface area contributed by atoms with Crippen molar-refractivity contribution < 1.29 is 14.3 Å². The molecule has 1 atom stereocenters. The number of likely N-dealkylation sites (N-methyl/N-ethyl adjacent to an activating group) is 1. The fraction of sp³-hybridized carbons (Fsp3) is 0.227. The van der Waals surface area contributed by atoms with Crippen LogP contribution < -0.4 is 4.90 Å². The lowest BCUT2D eigenvalue weighted by Gasteiger charge is -2.24. The summed E-state index contributed by atoms with van der Waals surface area (Å²) in [5.74, 6) is -0.793. The molecule has 1 aromatic heterocycles. The van der Waals surface area contributed by atoms with Gasteiger partial charge in [-0.1, -0.05) is 48.5 Å². The number of thiazole rings is 1. The van der Waals surface area contributed by atoms with Crippen LogP contribution in [0, 0.1) is 6.92 Å². The van der Waals surface area contributed by atoms with Crippen molar-refractivity contribution in [2.75, 3.05) is 11.4 Å². The van der Waals surface area contributed by atoms with E-state index in [9.17, 15) is 9.59 Å². The molecule has 0 radical (unpaired) electrons. The zero-order chi connectivity index (χ0) is 20.1. The molecule has 5 nitrogen and oxygen atoms in total. The first-order chi connectivity index (χ1) is 13.5. The number of nitrogens with zero attached hydrogens (tertiary/aromatic N) is 2. The van der Waals surface area contributed by atoms with Crippen molar-refractivity contribution in [2.24, 2.45) is 0 Å². The molecule has 0 saturated heterocycles. The highest BCUT2D eigenvalue weighted by atomic mass is 32.1. The summed E-state index contributed by atoms with van der Waals surface area (Å²) in [7, 11) is 0. The molecule has 3 aromatic rings. The number of aryl methyl sites for hydroxylation is 1. The Morgan fingerprint density at radius 2 is 1.68 bits per heavy atom. The van der Waals surface area contributed by atoms with E-state index in [0.717, 1.165) is 16.3 Å². The minimum Gasteiger partial charge on any atom is -0.448 e. The van der Waals surface area contributed by atoms with E-state index in [1.165, 1.54) is 11.3 Å². The summed E-state index contributed by atoms with van der Waals surface area (Å²) in [6, 6.07) is 18.8. The molecule has 0 fully saturated rings. The number of esters is 1. The minimum atomic E-state index is -0.904. The fourth-order valence-corrected chi connectivity index (χ4v) is 3.74. The summed E-state index contributed by atoms with van der Waals surface area (Å²) < 4.78 is 5.52. The van der Waals surface area contributed by atoms with Crippen LogP contribution in [0.1, 0.15) is 28.5 Å². The molecule has 144 valence electrons. The van der Waals surface area contributed by atoms with Gasteiger partial charge in [-0.2, -0.15) is 0 Å². The van der Waals surface area contributed by atoms with Gasteiger partial charge in [0, 0.05) is 17.8 Å². The zero-order valence-electron chi connectivity index (χ0n) is 16.1. The molecule has 0 bridgehead atoms. The van der Waals surface area contributed by atoms with Crippen molar-refractivity contribution in [3.05, 3.63) is 70.5 Å². The largest absolute Gasteiger partial charge is 0.448 e. The Kier molecular flexibility index (Phi) is 6.21. The molecule has 1 heterocycles. The maximum absolute atomic E-state index is 12.8. The van der Waals surface area contributed by atoms with Crippen molar-refractivity contribution in [2.45, 2.75) is 26.9 Å². The summed E-state index contributed by atoms with van der Waals surface area (Å²) in [5, 5.41) is 0.768. The molecule has 28 heavy (non-hydrogen) atoms. The first-order valence-corrected chi connectivity index (χ1v) is 9.93. The van der Waals surface area contributed by atoms with Crippen LogP contribution in [0.15, 0.2) is 60.7 Å². The molecule has 3 rings (SSSR count). The Morgan fingerprint density at radius 3 is 2.29 bits per heavy atom. The molecule has 0 aliphatic rings. The van der Waals surface area contributed by atoms with Crippen molar-refractivity contribution in [1.29, 1.82) is 0 Å². The van der Waals surface area contributed by atoms with Crippen molar-refractivity contribution >= 4 is 28.9 Å². The van der Waals surface area contributed by atoms with E-state index < -0.39 is 12.1 Å². The van der Waals surface area contributed by atoms with E-state index >= 15 is 0 Å². The number of aromatic nitrogens is 1. The van der Waals surface area contributed by atoms with Gasteiger partial charge >= 0.3 is 5.97 Å². The van der Waals surface area contributed by atoms with Crippen LogP contribution >= 0.6 is 11.3 Å². The van der Waals surface area contributed by atoms with E-state index in [1.54, 1.807) is 11.8 Å². The molecule has 0 saturated carbocycles. The highest BCUT2D eigenvalue weighted by Gasteiger charge is 2.27. The van der Waals surface area contributed by atoms with E-state index in [-0.39, 0.29) is 5.91 Å². The minimum absolute atomic E-state index is 0.260. The van der Waals surface area contributed by atoms with Crippen LogP contribution in [0.4, 0.5) is 5.69 Å². The quantitative estimate of drug-likeness (QED) is 0.568. The molecular formula is C22H22N2O3S. The molecule has 2 aromatic carbocycles. The Balaban J connectivity index is 1.79. The Bertz CT molecular complexity index is 954. The smallest absolute Gasteiger partial charge is 0.351 e. The highest BCUT2D eigenvalue weighted by molar-refractivity contribution is 7.14. The lowest BCUT2D eigenvalue weighted by molar-refractivity contribution is -0.126. The standard InChI is InChI=1S/C22H22N2O3S/c1-4-24(18-13-9-6-10-14-18)21(25)15(2)27-22(26)20-19(23-16(3)28-20)17-11-7-5-8-12-17/h5-15H,4H2,1-3H3/t15-/m0/s1. The van der Waals surface area contributed by atoms with Gasteiger partial charge in [0.25, 0.3) is 5.91 Å². The van der Waals surface area contributed by atoms with Gasteiger partial charge in [0.05, 0.1) is 10.7 Å². The van der Waals surface area contributed by atoms with Gasteiger partial charge in [-0.3, -0.25) is 4.79 Å². The topological polar surface area (TPSA) is 59.5 Å². The molecule has 1 amide bonds. The zero-order valence-corrected chi connectivity index (χ0v) is 16.9. The predicted molar refractivity (Wildman–Crippen MR) is 112 cm³/mol. The second kappa shape index (κ2) is 8.80. The number of para-hydroxylation sites is 1. The third kappa shape index (κ3) is 4.28. The van der Waals surface area contributed by atoms with Gasteiger partial charge in [0.1, 0.15) is 4.88 Å². The third-order valence-corrected chi connectivity index (χ3v) is 5.20. The van der Waals surface area contributed by atoms with E-state index in [4.69, 9.17) is 4.74 Å². The van der Waals surface area contributed by atoms with Crippen LogP contribution in [0.5, 0.6) is 0 Å². The lowest BCUT2D eigenvalue weighted by atomic mass is 10.1. The van der Waals surface area contributed by atoms with Crippen molar-refractivity contribution in [1.82, 2.24) is 4.98 Å². The normalized spacial score (nSPS) is 11.7. The summed E-state index contributed by atoms with van der Waals surface area (Å²) in [6.07, 6.45) is -0.904. The number of rotatable bonds is 6. The molecule has 0 aliphatic carbocycles. The van der Waals surface area contributed by atoms with Crippen molar-refractivity contribution in [3.8, 4) is 11.3 Å². The number of ether oxygens (including phenoxy) is 1. The summed E-state index contributed by atoms with van der Waals surface area (Å²) in [6.45, 7) is 5.82. The molecule has 0 spiro atoms. The van der Waals surface area contributed by atoms with E-state index in [1.807, 2.05) is 74.5 Å². The fourth-order valence-electron chi connectivity index (χ4n) is 2.91. The average molecular weight is 394 g/mol.